The summed E-state index contributed by atoms with van der Waals surface area (Å²) in [4.78, 5) is 31.0. The van der Waals surface area contributed by atoms with Crippen molar-refractivity contribution in [3.63, 3.8) is 0 Å². The summed E-state index contributed by atoms with van der Waals surface area (Å²) in [5.41, 5.74) is 5.38. The van der Waals surface area contributed by atoms with Crippen LogP contribution in [0.3, 0.4) is 0 Å². The lowest BCUT2D eigenvalue weighted by atomic mass is 9.83. The number of carbonyl (C=O) groups excluding carboxylic acids is 2. The first-order valence-electron chi connectivity index (χ1n) is 12.1. The summed E-state index contributed by atoms with van der Waals surface area (Å²) in [7, 11) is 1.41. The van der Waals surface area contributed by atoms with E-state index in [-0.39, 0.29) is 54.2 Å². The Morgan fingerprint density at radius 1 is 1.25 bits per heavy atom. The fraction of sp³-hybridized carbons (Fsp3) is 0.583. The highest BCUT2D eigenvalue weighted by atomic mass is 19.3. The third kappa shape index (κ3) is 4.31. The Morgan fingerprint density at radius 2 is 2.06 bits per heavy atom. The summed E-state index contributed by atoms with van der Waals surface area (Å²) in [5.74, 6) is -5.40. The topological polar surface area (TPSA) is 126 Å². The fourth-order valence-corrected chi connectivity index (χ4v) is 5.91. The maximum absolute atomic E-state index is 14.5. The predicted octanol–water partition coefficient (Wildman–Crippen LogP) is 2.35. The fourth-order valence-electron chi connectivity index (χ4n) is 5.91. The Labute approximate surface area is 206 Å². The normalized spacial score (nSPS) is 29.2. The number of aromatic amines is 1. The van der Waals surface area contributed by atoms with Gasteiger partial charge in [0, 0.05) is 35.5 Å². The van der Waals surface area contributed by atoms with Crippen molar-refractivity contribution in [1.29, 1.82) is 0 Å². The Morgan fingerprint density at radius 3 is 2.78 bits per heavy atom. The van der Waals surface area contributed by atoms with E-state index in [4.69, 9.17) is 10.5 Å². The van der Waals surface area contributed by atoms with Crippen LogP contribution in [-0.4, -0.2) is 70.1 Å². The van der Waals surface area contributed by atoms with Crippen molar-refractivity contribution in [3.05, 3.63) is 29.8 Å². The van der Waals surface area contributed by atoms with Crippen LogP contribution >= 0.6 is 0 Å². The number of piperidine rings is 2. The molecular weight excluding hydrogens is 477 g/mol. The number of nitrogens with zero attached hydrogens (tertiary/aromatic N) is 3. The molecule has 5 rings (SSSR count). The molecule has 194 valence electrons. The van der Waals surface area contributed by atoms with Crippen molar-refractivity contribution in [2.45, 2.75) is 43.6 Å². The molecule has 9 nitrogen and oxygen atoms in total. The number of aromatic nitrogens is 3. The third-order valence-corrected chi connectivity index (χ3v) is 8.01. The smallest absolute Gasteiger partial charge is 0.274 e. The molecule has 1 saturated carbocycles. The van der Waals surface area contributed by atoms with E-state index in [1.54, 1.807) is 4.90 Å². The van der Waals surface area contributed by atoms with E-state index >= 15 is 0 Å². The third-order valence-electron chi connectivity index (χ3n) is 8.01. The molecular formula is C24H29F3N6O3. The van der Waals surface area contributed by atoms with Crippen LogP contribution in [0.25, 0.3) is 11.3 Å². The SMILES string of the molecule is COc1cc(-c2cc(C(=O)N3CCC(C(N)=O)CC34CC4C[C@@H]3CCNCC3(F)F)n[nH]2)c(F)cn1. The molecule has 36 heavy (non-hydrogen) atoms. The maximum atomic E-state index is 14.5. The quantitative estimate of drug-likeness (QED) is 0.552. The molecule has 4 N–H and O–H groups in total. The molecule has 0 radical (unpaired) electrons. The van der Waals surface area contributed by atoms with Crippen molar-refractivity contribution in [1.82, 2.24) is 25.4 Å². The van der Waals surface area contributed by atoms with Gasteiger partial charge < -0.3 is 20.7 Å². The number of carbonyl (C=O) groups is 2. The van der Waals surface area contributed by atoms with Gasteiger partial charge in [-0.05, 0) is 50.6 Å². The highest BCUT2D eigenvalue weighted by Crippen LogP contribution is 2.59. The van der Waals surface area contributed by atoms with Crippen molar-refractivity contribution in [2.75, 3.05) is 26.7 Å². The van der Waals surface area contributed by atoms with Gasteiger partial charge in [0.15, 0.2) is 11.5 Å². The second-order valence-corrected chi connectivity index (χ2v) is 10.1. The minimum absolute atomic E-state index is 0.0786. The summed E-state index contributed by atoms with van der Waals surface area (Å²) in [6.45, 7) is 0.445. The van der Waals surface area contributed by atoms with E-state index in [0.717, 1.165) is 6.20 Å². The number of amides is 2. The van der Waals surface area contributed by atoms with Gasteiger partial charge in [-0.25, -0.2) is 18.2 Å². The Kier molecular flexibility index (Phi) is 6.17. The van der Waals surface area contributed by atoms with Gasteiger partial charge in [0.2, 0.25) is 11.8 Å². The molecule has 12 heteroatoms. The van der Waals surface area contributed by atoms with E-state index in [9.17, 15) is 22.8 Å². The van der Waals surface area contributed by atoms with Crippen LogP contribution in [0.15, 0.2) is 18.3 Å². The van der Waals surface area contributed by atoms with Crippen molar-refractivity contribution in [3.8, 4) is 17.1 Å². The van der Waals surface area contributed by atoms with Crippen molar-refractivity contribution < 1.29 is 27.5 Å². The Balaban J connectivity index is 1.39. The van der Waals surface area contributed by atoms with Gasteiger partial charge in [-0.15, -0.1) is 0 Å². The molecule has 2 aromatic rings. The van der Waals surface area contributed by atoms with Crippen LogP contribution in [0.5, 0.6) is 5.88 Å². The number of rotatable bonds is 6. The minimum atomic E-state index is -2.82. The first-order valence-corrected chi connectivity index (χ1v) is 12.1. The summed E-state index contributed by atoms with van der Waals surface area (Å²) in [6, 6.07) is 2.85. The molecule has 4 heterocycles. The average molecular weight is 507 g/mol. The lowest BCUT2D eigenvalue weighted by Gasteiger charge is -2.41. The monoisotopic (exact) mass is 506 g/mol. The summed E-state index contributed by atoms with van der Waals surface area (Å²) < 4.78 is 48.5. The zero-order valence-electron chi connectivity index (χ0n) is 19.9. The summed E-state index contributed by atoms with van der Waals surface area (Å²) in [5, 5.41) is 9.55. The molecule has 1 spiro atoms. The molecule has 2 amide bonds. The number of methoxy groups -OCH3 is 1. The number of pyridine rings is 1. The van der Waals surface area contributed by atoms with E-state index in [0.29, 0.717) is 32.2 Å². The number of halogens is 3. The molecule has 0 aromatic carbocycles. The number of hydrogen-bond donors (Lipinski definition) is 3. The van der Waals surface area contributed by atoms with Crippen molar-refractivity contribution in [2.24, 2.45) is 23.5 Å². The van der Waals surface area contributed by atoms with E-state index < -0.39 is 35.0 Å². The lowest BCUT2D eigenvalue weighted by Crippen LogP contribution is -2.52. The van der Waals surface area contributed by atoms with Crippen LogP contribution in [0, 0.1) is 23.6 Å². The Hall–Kier alpha value is -3.15. The second-order valence-electron chi connectivity index (χ2n) is 10.1. The predicted molar refractivity (Wildman–Crippen MR) is 123 cm³/mol. The highest BCUT2D eigenvalue weighted by Gasteiger charge is 2.63. The van der Waals surface area contributed by atoms with Gasteiger partial charge >= 0.3 is 0 Å². The van der Waals surface area contributed by atoms with Gasteiger partial charge in [0.05, 0.1) is 25.5 Å². The zero-order valence-corrected chi connectivity index (χ0v) is 19.9. The molecule has 2 saturated heterocycles. The average Bonchev–Trinajstić information content (AvgIpc) is 3.27. The number of primary amides is 1. The standard InChI is InChI=1S/C24H29F3N6O3/c1-36-20-7-16(17(25)11-30-20)18-8-19(32-31-18)22(35)33-5-3-13(21(28)34)9-23(33)10-15(23)6-14-2-4-29-12-24(14,26)27/h7-8,11,13-15,29H,2-6,9-10,12H2,1H3,(H2,28,34)(H,31,32)/t13?,14-,15?,23?/m0/s1. The maximum Gasteiger partial charge on any atom is 0.274 e. The highest BCUT2D eigenvalue weighted by molar-refractivity contribution is 5.94. The van der Waals surface area contributed by atoms with E-state index in [1.165, 1.54) is 19.2 Å². The molecule has 1 aliphatic carbocycles. The van der Waals surface area contributed by atoms with Crippen LogP contribution < -0.4 is 15.8 Å². The Bertz CT molecular complexity index is 1170. The number of likely N-dealkylation sites (tertiary alicyclic amines) is 1. The molecule has 3 fully saturated rings. The molecule has 4 atom stereocenters. The minimum Gasteiger partial charge on any atom is -0.481 e. The summed E-state index contributed by atoms with van der Waals surface area (Å²) in [6.07, 6.45) is 2.94. The second kappa shape index (κ2) is 9.06. The van der Waals surface area contributed by atoms with Crippen LogP contribution in [0.4, 0.5) is 13.2 Å². The van der Waals surface area contributed by atoms with Gasteiger partial charge in [0.1, 0.15) is 0 Å². The number of ether oxygens (including phenoxy) is 1. The first-order chi connectivity index (χ1) is 17.1. The molecule has 2 aromatic heterocycles. The molecule has 3 aliphatic rings. The summed E-state index contributed by atoms with van der Waals surface area (Å²) >= 11 is 0. The number of nitrogens with two attached hydrogens (primary N) is 1. The van der Waals surface area contributed by atoms with Crippen molar-refractivity contribution >= 4 is 11.8 Å². The van der Waals surface area contributed by atoms with Crippen LogP contribution in [0.2, 0.25) is 0 Å². The molecule has 0 bridgehead atoms. The van der Waals surface area contributed by atoms with Gasteiger partial charge in [-0.1, -0.05) is 0 Å². The van der Waals surface area contributed by atoms with Crippen LogP contribution in [0.1, 0.15) is 42.6 Å². The van der Waals surface area contributed by atoms with Gasteiger partial charge in [0.25, 0.3) is 11.8 Å². The van der Waals surface area contributed by atoms with Gasteiger partial charge in [-0.3, -0.25) is 14.7 Å². The number of hydrogen-bond acceptors (Lipinski definition) is 6. The van der Waals surface area contributed by atoms with E-state index in [1.807, 2.05) is 0 Å². The van der Waals surface area contributed by atoms with Gasteiger partial charge in [-0.2, -0.15) is 5.10 Å². The number of alkyl halides is 2. The lowest BCUT2D eigenvalue weighted by molar-refractivity contribution is -0.124. The molecule has 3 unspecified atom stereocenters. The van der Waals surface area contributed by atoms with E-state index in [2.05, 4.69) is 20.5 Å². The number of H-pyrrole nitrogens is 1. The largest absolute Gasteiger partial charge is 0.481 e. The zero-order chi connectivity index (χ0) is 25.7. The number of nitrogens with one attached hydrogen (secondary N) is 2. The van der Waals surface area contributed by atoms with Crippen LogP contribution in [-0.2, 0) is 4.79 Å². The molecule has 2 aliphatic heterocycles. The first kappa shape index (κ1) is 24.5.